The van der Waals surface area contributed by atoms with Crippen molar-refractivity contribution >= 4 is 5.91 Å². The second-order valence-corrected chi connectivity index (χ2v) is 4.04. The number of ether oxygens (including phenoxy) is 1. The summed E-state index contributed by atoms with van der Waals surface area (Å²) in [7, 11) is 0. The molecule has 1 heterocycles. The molecule has 2 N–H and O–H groups in total. The van der Waals surface area contributed by atoms with Gasteiger partial charge in [-0.3, -0.25) is 4.79 Å². The van der Waals surface area contributed by atoms with Crippen LogP contribution in [0.2, 0.25) is 0 Å². The number of hydrogen-bond donors (Lipinski definition) is 1. The fourth-order valence-corrected chi connectivity index (χ4v) is 1.86. The van der Waals surface area contributed by atoms with Gasteiger partial charge in [-0.2, -0.15) is 0 Å². The number of rotatable bonds is 5. The highest BCUT2D eigenvalue weighted by Crippen LogP contribution is 2.10. The lowest BCUT2D eigenvalue weighted by atomic mass is 10.1. The second kappa shape index (κ2) is 6.80. The molecule has 1 fully saturated rings. The van der Waals surface area contributed by atoms with Crippen LogP contribution < -0.4 is 5.73 Å². The van der Waals surface area contributed by atoms with Crippen molar-refractivity contribution in [2.75, 3.05) is 26.3 Å². The number of nitrogens with two attached hydrogens (primary N) is 1. The zero-order chi connectivity index (χ0) is 11.1. The van der Waals surface area contributed by atoms with E-state index >= 15 is 0 Å². The SMILES string of the molecule is CCOCCCC(=O)N1CCCC(N)C1. The van der Waals surface area contributed by atoms with Crippen LogP contribution in [-0.2, 0) is 9.53 Å². The van der Waals surface area contributed by atoms with Gasteiger partial charge < -0.3 is 15.4 Å². The highest BCUT2D eigenvalue weighted by molar-refractivity contribution is 5.76. The van der Waals surface area contributed by atoms with Gasteiger partial charge >= 0.3 is 0 Å². The van der Waals surface area contributed by atoms with E-state index in [0.29, 0.717) is 13.0 Å². The molecule has 1 saturated heterocycles. The van der Waals surface area contributed by atoms with Crippen molar-refractivity contribution in [3.8, 4) is 0 Å². The monoisotopic (exact) mass is 214 g/mol. The molecule has 0 spiro atoms. The predicted octanol–water partition coefficient (Wildman–Crippen LogP) is 0.753. The van der Waals surface area contributed by atoms with Gasteiger partial charge in [0.1, 0.15) is 0 Å². The van der Waals surface area contributed by atoms with Gasteiger partial charge in [-0.05, 0) is 26.2 Å². The standard InChI is InChI=1S/C11H22N2O2/c1-2-15-8-4-6-11(14)13-7-3-5-10(12)9-13/h10H,2-9,12H2,1H3. The van der Waals surface area contributed by atoms with Gasteiger partial charge in [0.15, 0.2) is 0 Å². The van der Waals surface area contributed by atoms with Gasteiger partial charge in [-0.15, -0.1) is 0 Å². The molecule has 1 amide bonds. The molecule has 0 aliphatic carbocycles. The maximum atomic E-state index is 11.7. The Morgan fingerprint density at radius 2 is 2.40 bits per heavy atom. The van der Waals surface area contributed by atoms with Crippen molar-refractivity contribution < 1.29 is 9.53 Å². The summed E-state index contributed by atoms with van der Waals surface area (Å²) in [4.78, 5) is 13.6. The van der Waals surface area contributed by atoms with Crippen LogP contribution >= 0.6 is 0 Å². The average Bonchev–Trinajstić information content (AvgIpc) is 2.24. The molecule has 15 heavy (non-hydrogen) atoms. The molecular formula is C11H22N2O2. The largest absolute Gasteiger partial charge is 0.382 e. The van der Waals surface area contributed by atoms with Gasteiger partial charge in [0.25, 0.3) is 0 Å². The Balaban J connectivity index is 2.15. The van der Waals surface area contributed by atoms with Crippen molar-refractivity contribution in [2.45, 2.75) is 38.6 Å². The van der Waals surface area contributed by atoms with Gasteiger partial charge in [0, 0.05) is 38.8 Å². The van der Waals surface area contributed by atoms with E-state index in [9.17, 15) is 4.79 Å². The Bertz CT molecular complexity index is 197. The molecule has 1 aliphatic heterocycles. The van der Waals surface area contributed by atoms with E-state index in [1.165, 1.54) is 0 Å². The molecular weight excluding hydrogens is 192 g/mol. The van der Waals surface area contributed by atoms with Crippen LogP contribution in [0.5, 0.6) is 0 Å². The van der Waals surface area contributed by atoms with Gasteiger partial charge in [0.2, 0.25) is 5.91 Å². The number of amides is 1. The molecule has 4 heteroatoms. The Kier molecular flexibility index (Phi) is 5.65. The quantitative estimate of drug-likeness (QED) is 0.687. The highest BCUT2D eigenvalue weighted by Gasteiger charge is 2.20. The normalized spacial score (nSPS) is 21.7. The fourth-order valence-electron chi connectivity index (χ4n) is 1.86. The van der Waals surface area contributed by atoms with E-state index in [4.69, 9.17) is 10.5 Å². The fraction of sp³-hybridized carbons (Fsp3) is 0.909. The van der Waals surface area contributed by atoms with Crippen LogP contribution in [0, 0.1) is 0 Å². The lowest BCUT2D eigenvalue weighted by Gasteiger charge is -2.30. The van der Waals surface area contributed by atoms with Gasteiger partial charge in [-0.25, -0.2) is 0 Å². The van der Waals surface area contributed by atoms with E-state index in [1.54, 1.807) is 0 Å². The first kappa shape index (κ1) is 12.5. The van der Waals surface area contributed by atoms with Crippen molar-refractivity contribution in [3.63, 3.8) is 0 Å². The minimum atomic E-state index is 0.176. The van der Waals surface area contributed by atoms with Crippen molar-refractivity contribution in [3.05, 3.63) is 0 Å². The molecule has 0 saturated carbocycles. The zero-order valence-electron chi connectivity index (χ0n) is 9.58. The number of carbonyl (C=O) groups is 1. The summed E-state index contributed by atoms with van der Waals surface area (Å²) in [5, 5.41) is 0. The van der Waals surface area contributed by atoms with Crippen LogP contribution in [0.25, 0.3) is 0 Å². The Morgan fingerprint density at radius 1 is 1.60 bits per heavy atom. The molecule has 1 rings (SSSR count). The van der Waals surface area contributed by atoms with Crippen molar-refractivity contribution in [1.82, 2.24) is 4.90 Å². The lowest BCUT2D eigenvalue weighted by Crippen LogP contribution is -2.45. The lowest BCUT2D eigenvalue weighted by molar-refractivity contribution is -0.132. The zero-order valence-corrected chi connectivity index (χ0v) is 9.58. The smallest absolute Gasteiger partial charge is 0.222 e. The molecule has 0 radical (unpaired) electrons. The van der Waals surface area contributed by atoms with Gasteiger partial charge in [0.05, 0.1) is 0 Å². The summed E-state index contributed by atoms with van der Waals surface area (Å²) in [5.74, 6) is 0.227. The summed E-state index contributed by atoms with van der Waals surface area (Å²) < 4.78 is 5.20. The maximum Gasteiger partial charge on any atom is 0.222 e. The molecule has 0 aromatic carbocycles. The average molecular weight is 214 g/mol. The first-order valence-corrected chi connectivity index (χ1v) is 5.85. The minimum absolute atomic E-state index is 0.176. The summed E-state index contributed by atoms with van der Waals surface area (Å²) in [6, 6.07) is 0.176. The topological polar surface area (TPSA) is 55.6 Å². The summed E-state index contributed by atoms with van der Waals surface area (Å²) in [6.45, 7) is 4.98. The maximum absolute atomic E-state index is 11.7. The second-order valence-electron chi connectivity index (χ2n) is 4.04. The molecule has 0 bridgehead atoms. The molecule has 1 aliphatic rings. The van der Waals surface area contributed by atoms with E-state index in [2.05, 4.69) is 0 Å². The van der Waals surface area contributed by atoms with E-state index in [1.807, 2.05) is 11.8 Å². The number of piperidine rings is 1. The minimum Gasteiger partial charge on any atom is -0.382 e. The summed E-state index contributed by atoms with van der Waals surface area (Å²) in [6.07, 6.45) is 3.49. The summed E-state index contributed by atoms with van der Waals surface area (Å²) >= 11 is 0. The Morgan fingerprint density at radius 3 is 3.07 bits per heavy atom. The molecule has 1 atom stereocenters. The van der Waals surface area contributed by atoms with Gasteiger partial charge in [-0.1, -0.05) is 0 Å². The number of nitrogens with zero attached hydrogens (tertiary/aromatic N) is 1. The predicted molar refractivity (Wildman–Crippen MR) is 59.5 cm³/mol. The molecule has 0 aromatic heterocycles. The van der Waals surface area contributed by atoms with E-state index in [-0.39, 0.29) is 11.9 Å². The Hall–Kier alpha value is -0.610. The van der Waals surface area contributed by atoms with Crippen LogP contribution in [0.1, 0.15) is 32.6 Å². The van der Waals surface area contributed by atoms with Crippen LogP contribution in [0.3, 0.4) is 0 Å². The number of carbonyl (C=O) groups excluding carboxylic acids is 1. The third-order valence-electron chi connectivity index (χ3n) is 2.69. The third kappa shape index (κ3) is 4.62. The molecule has 4 nitrogen and oxygen atoms in total. The first-order chi connectivity index (χ1) is 7.24. The van der Waals surface area contributed by atoms with E-state index in [0.717, 1.165) is 39.0 Å². The number of likely N-dealkylation sites (tertiary alicyclic amines) is 1. The molecule has 88 valence electrons. The highest BCUT2D eigenvalue weighted by atomic mass is 16.5. The van der Waals surface area contributed by atoms with Crippen LogP contribution in [0.4, 0.5) is 0 Å². The van der Waals surface area contributed by atoms with E-state index < -0.39 is 0 Å². The van der Waals surface area contributed by atoms with Crippen molar-refractivity contribution in [2.24, 2.45) is 5.73 Å². The third-order valence-corrected chi connectivity index (χ3v) is 2.69. The van der Waals surface area contributed by atoms with Crippen LogP contribution in [-0.4, -0.2) is 43.2 Å². The summed E-state index contributed by atoms with van der Waals surface area (Å²) in [5.41, 5.74) is 5.82. The first-order valence-electron chi connectivity index (χ1n) is 5.85. The van der Waals surface area contributed by atoms with Crippen LogP contribution in [0.15, 0.2) is 0 Å². The molecule has 1 unspecified atom stereocenters. The van der Waals surface area contributed by atoms with Crippen molar-refractivity contribution in [1.29, 1.82) is 0 Å². The Labute approximate surface area is 91.8 Å². The molecule has 0 aromatic rings. The number of hydrogen-bond acceptors (Lipinski definition) is 3.